The third-order valence-corrected chi connectivity index (χ3v) is 2.87. The Balaban J connectivity index is 2.11. The molecule has 1 aromatic carbocycles. The Morgan fingerprint density at radius 1 is 1.25 bits per heavy atom. The molecule has 1 heterocycles. The van der Waals surface area contributed by atoms with Gasteiger partial charge in [0.2, 0.25) is 17.6 Å². The lowest BCUT2D eigenvalue weighted by molar-refractivity contribution is -0.129. The predicted octanol–water partition coefficient (Wildman–Crippen LogP) is 2.96. The zero-order valence-electron chi connectivity index (χ0n) is 12.2. The Kier molecular flexibility index (Phi) is 3.88. The van der Waals surface area contributed by atoms with E-state index >= 15 is 0 Å². The summed E-state index contributed by atoms with van der Waals surface area (Å²) >= 11 is 0. The zero-order chi connectivity index (χ0) is 14.8. The van der Waals surface area contributed by atoms with Crippen molar-refractivity contribution in [3.05, 3.63) is 36.2 Å². The van der Waals surface area contributed by atoms with Gasteiger partial charge < -0.3 is 9.84 Å². The minimum absolute atomic E-state index is 0.0514. The summed E-state index contributed by atoms with van der Waals surface area (Å²) in [6.45, 7) is 7.40. The second kappa shape index (κ2) is 5.45. The monoisotopic (exact) mass is 273 g/mol. The number of amides is 1. The number of nitrogens with zero attached hydrogens (tertiary/aromatic N) is 2. The molecular weight excluding hydrogens is 254 g/mol. The quantitative estimate of drug-likeness (QED) is 0.933. The van der Waals surface area contributed by atoms with Crippen molar-refractivity contribution in [2.45, 2.75) is 33.7 Å². The first-order chi connectivity index (χ1) is 9.38. The largest absolute Gasteiger partial charge is 0.344 e. The number of rotatable bonds is 3. The molecule has 1 aromatic heterocycles. The Morgan fingerprint density at radius 3 is 2.50 bits per heavy atom. The molecule has 1 N–H and O–H groups in total. The number of carbonyl (C=O) groups excluding carboxylic acids is 1. The van der Waals surface area contributed by atoms with E-state index in [0.29, 0.717) is 11.7 Å². The van der Waals surface area contributed by atoms with Gasteiger partial charge in [-0.25, -0.2) is 0 Å². The topological polar surface area (TPSA) is 68.0 Å². The minimum Gasteiger partial charge on any atom is -0.344 e. The molecule has 2 rings (SSSR count). The smallest absolute Gasteiger partial charge is 0.249 e. The van der Waals surface area contributed by atoms with Crippen LogP contribution in [-0.4, -0.2) is 16.0 Å². The molecule has 1 amide bonds. The number of hydrogen-bond donors (Lipinski definition) is 1. The third-order valence-electron chi connectivity index (χ3n) is 2.87. The van der Waals surface area contributed by atoms with Gasteiger partial charge in [-0.05, 0) is 6.92 Å². The zero-order valence-corrected chi connectivity index (χ0v) is 12.2. The van der Waals surface area contributed by atoms with Gasteiger partial charge in [0.25, 0.3) is 0 Å². The predicted molar refractivity (Wildman–Crippen MR) is 75.7 cm³/mol. The van der Waals surface area contributed by atoms with E-state index in [0.717, 1.165) is 5.56 Å². The standard InChI is InChI=1S/C15H19N3O2/c1-10(16-14(19)15(2,3)4)13-17-12(18-20-13)11-8-6-5-7-9-11/h5-10H,1-4H3,(H,16,19). The van der Waals surface area contributed by atoms with E-state index in [1.54, 1.807) is 0 Å². The van der Waals surface area contributed by atoms with E-state index in [1.807, 2.05) is 58.0 Å². The van der Waals surface area contributed by atoms with Crippen molar-refractivity contribution in [2.24, 2.45) is 5.41 Å². The van der Waals surface area contributed by atoms with Gasteiger partial charge in [-0.15, -0.1) is 0 Å². The van der Waals surface area contributed by atoms with Crippen LogP contribution in [0, 0.1) is 5.41 Å². The maximum atomic E-state index is 11.9. The van der Waals surface area contributed by atoms with E-state index in [-0.39, 0.29) is 11.9 Å². The number of nitrogens with one attached hydrogen (secondary N) is 1. The highest BCUT2D eigenvalue weighted by molar-refractivity contribution is 5.81. The maximum Gasteiger partial charge on any atom is 0.249 e. The fourth-order valence-electron chi connectivity index (χ4n) is 1.59. The van der Waals surface area contributed by atoms with Crippen LogP contribution in [-0.2, 0) is 4.79 Å². The molecule has 106 valence electrons. The molecule has 1 unspecified atom stereocenters. The molecule has 0 bridgehead atoms. The van der Waals surface area contributed by atoms with Crippen molar-refractivity contribution >= 4 is 5.91 Å². The molecule has 20 heavy (non-hydrogen) atoms. The molecule has 0 aliphatic rings. The van der Waals surface area contributed by atoms with Crippen LogP contribution >= 0.6 is 0 Å². The van der Waals surface area contributed by atoms with Crippen molar-refractivity contribution in [3.8, 4) is 11.4 Å². The van der Waals surface area contributed by atoms with Gasteiger partial charge in [0, 0.05) is 11.0 Å². The van der Waals surface area contributed by atoms with Gasteiger partial charge in [0.1, 0.15) is 6.04 Å². The van der Waals surface area contributed by atoms with Gasteiger partial charge in [-0.1, -0.05) is 56.3 Å². The summed E-state index contributed by atoms with van der Waals surface area (Å²) in [7, 11) is 0. The van der Waals surface area contributed by atoms with E-state index < -0.39 is 5.41 Å². The van der Waals surface area contributed by atoms with Crippen LogP contribution in [0.1, 0.15) is 39.6 Å². The molecule has 5 heteroatoms. The summed E-state index contributed by atoms with van der Waals surface area (Å²) in [5.74, 6) is 0.878. The van der Waals surface area contributed by atoms with Gasteiger partial charge in [-0.2, -0.15) is 4.98 Å². The van der Waals surface area contributed by atoms with Crippen LogP contribution in [0.4, 0.5) is 0 Å². The second-order valence-electron chi connectivity index (χ2n) is 5.77. The molecule has 0 spiro atoms. The van der Waals surface area contributed by atoms with E-state index in [9.17, 15) is 4.79 Å². The molecule has 0 radical (unpaired) electrons. The van der Waals surface area contributed by atoms with Crippen molar-refractivity contribution < 1.29 is 9.32 Å². The molecule has 0 saturated carbocycles. The lowest BCUT2D eigenvalue weighted by atomic mass is 9.95. The Hall–Kier alpha value is -2.17. The van der Waals surface area contributed by atoms with Crippen LogP contribution < -0.4 is 5.32 Å². The molecule has 1 atom stereocenters. The highest BCUT2D eigenvalue weighted by atomic mass is 16.5. The highest BCUT2D eigenvalue weighted by Gasteiger charge is 2.25. The molecule has 0 aliphatic carbocycles. The summed E-state index contributed by atoms with van der Waals surface area (Å²) in [4.78, 5) is 16.2. The number of hydrogen-bond acceptors (Lipinski definition) is 4. The van der Waals surface area contributed by atoms with Crippen molar-refractivity contribution in [3.63, 3.8) is 0 Å². The first kappa shape index (κ1) is 14.2. The molecular formula is C15H19N3O2. The van der Waals surface area contributed by atoms with Crippen molar-refractivity contribution in [1.82, 2.24) is 15.5 Å². The van der Waals surface area contributed by atoms with Gasteiger partial charge in [0.15, 0.2) is 0 Å². The van der Waals surface area contributed by atoms with E-state index in [4.69, 9.17) is 4.52 Å². The van der Waals surface area contributed by atoms with Crippen LogP contribution in [0.5, 0.6) is 0 Å². The van der Waals surface area contributed by atoms with Crippen LogP contribution in [0.15, 0.2) is 34.9 Å². The Labute approximate surface area is 118 Å². The van der Waals surface area contributed by atoms with Crippen LogP contribution in [0.3, 0.4) is 0 Å². The first-order valence-corrected chi connectivity index (χ1v) is 6.58. The molecule has 0 saturated heterocycles. The summed E-state index contributed by atoms with van der Waals surface area (Å²) in [6.07, 6.45) is 0. The summed E-state index contributed by atoms with van der Waals surface area (Å²) in [5, 5.41) is 6.81. The third kappa shape index (κ3) is 3.23. The summed E-state index contributed by atoms with van der Waals surface area (Å²) in [5.41, 5.74) is 0.438. The fourth-order valence-corrected chi connectivity index (χ4v) is 1.59. The number of carbonyl (C=O) groups is 1. The highest BCUT2D eigenvalue weighted by Crippen LogP contribution is 2.20. The number of aromatic nitrogens is 2. The second-order valence-corrected chi connectivity index (χ2v) is 5.77. The van der Waals surface area contributed by atoms with E-state index in [1.165, 1.54) is 0 Å². The average molecular weight is 273 g/mol. The lowest BCUT2D eigenvalue weighted by Gasteiger charge is -2.19. The Morgan fingerprint density at radius 2 is 1.90 bits per heavy atom. The number of benzene rings is 1. The first-order valence-electron chi connectivity index (χ1n) is 6.58. The van der Waals surface area contributed by atoms with Crippen LogP contribution in [0.2, 0.25) is 0 Å². The van der Waals surface area contributed by atoms with Gasteiger partial charge in [0.05, 0.1) is 0 Å². The SMILES string of the molecule is CC(NC(=O)C(C)(C)C)c1nc(-c2ccccc2)no1. The van der Waals surface area contributed by atoms with Gasteiger partial charge >= 0.3 is 0 Å². The van der Waals surface area contributed by atoms with Crippen molar-refractivity contribution in [2.75, 3.05) is 0 Å². The lowest BCUT2D eigenvalue weighted by Crippen LogP contribution is -2.36. The maximum absolute atomic E-state index is 11.9. The summed E-state index contributed by atoms with van der Waals surface area (Å²) < 4.78 is 5.22. The summed E-state index contributed by atoms with van der Waals surface area (Å²) in [6, 6.07) is 9.26. The molecule has 0 aliphatic heterocycles. The average Bonchev–Trinajstić information content (AvgIpc) is 2.88. The molecule has 2 aromatic rings. The van der Waals surface area contributed by atoms with Gasteiger partial charge in [-0.3, -0.25) is 4.79 Å². The molecule has 0 fully saturated rings. The fraction of sp³-hybridized carbons (Fsp3) is 0.400. The minimum atomic E-state index is -0.448. The van der Waals surface area contributed by atoms with Crippen molar-refractivity contribution in [1.29, 1.82) is 0 Å². The van der Waals surface area contributed by atoms with E-state index in [2.05, 4.69) is 15.5 Å². The normalized spacial score (nSPS) is 13.0. The molecule has 5 nitrogen and oxygen atoms in total. The Bertz CT molecular complexity index is 585. The van der Waals surface area contributed by atoms with Crippen LogP contribution in [0.25, 0.3) is 11.4 Å².